The molecule has 0 unspecified atom stereocenters. The molecule has 1 aromatic heterocycles. The van der Waals surface area contributed by atoms with Gasteiger partial charge in [-0.25, -0.2) is 9.78 Å². The molecule has 0 aliphatic heterocycles. The number of carbonyl (C=O) groups is 1. The molecule has 82 valence electrons. The Bertz CT molecular complexity index is 355. The van der Waals surface area contributed by atoms with Gasteiger partial charge >= 0.3 is 5.97 Å². The van der Waals surface area contributed by atoms with Gasteiger partial charge < -0.3 is 9.84 Å². The maximum Gasteiger partial charge on any atom is 0.338 e. The zero-order chi connectivity index (χ0) is 11.3. The third kappa shape index (κ3) is 3.53. The number of aliphatic hydroxyl groups is 1. The summed E-state index contributed by atoms with van der Waals surface area (Å²) >= 11 is 1.41. The number of rotatable bonds is 4. The molecule has 0 aliphatic carbocycles. The van der Waals surface area contributed by atoms with E-state index in [0.29, 0.717) is 11.3 Å². The van der Waals surface area contributed by atoms with Gasteiger partial charge in [-0.15, -0.1) is 11.8 Å². The Kier molecular flexibility index (Phi) is 4.58. The van der Waals surface area contributed by atoms with Crippen molar-refractivity contribution in [3.63, 3.8) is 0 Å². The van der Waals surface area contributed by atoms with Crippen LogP contribution in [0.25, 0.3) is 0 Å². The fraction of sp³-hybridized carbons (Fsp3) is 0.400. The zero-order valence-electron chi connectivity index (χ0n) is 8.69. The third-order valence-corrected chi connectivity index (χ3v) is 2.58. The average Bonchev–Trinajstić information content (AvgIpc) is 2.24. The summed E-state index contributed by atoms with van der Waals surface area (Å²) in [4.78, 5) is 15.5. The molecule has 1 N–H and O–H groups in total. The van der Waals surface area contributed by atoms with Gasteiger partial charge in [0.2, 0.25) is 0 Å². The molecular weight excluding hydrogens is 214 g/mol. The molecule has 5 heteroatoms. The molecule has 15 heavy (non-hydrogen) atoms. The Hall–Kier alpha value is -1.07. The molecule has 0 aliphatic rings. The first kappa shape index (κ1) is 12.0. The van der Waals surface area contributed by atoms with Gasteiger partial charge in [0.1, 0.15) is 0 Å². The van der Waals surface area contributed by atoms with Crippen LogP contribution < -0.4 is 0 Å². The highest BCUT2D eigenvalue weighted by atomic mass is 32.2. The normalized spacial score (nSPS) is 10.1. The molecule has 1 rings (SSSR count). The van der Waals surface area contributed by atoms with Gasteiger partial charge in [0, 0.05) is 11.4 Å². The van der Waals surface area contributed by atoms with E-state index in [1.54, 1.807) is 12.1 Å². The molecule has 0 aromatic carbocycles. The summed E-state index contributed by atoms with van der Waals surface area (Å²) in [6.07, 6.45) is 0. The number of thioether (sulfide) groups is 1. The lowest BCUT2D eigenvalue weighted by molar-refractivity contribution is 0.0600. The van der Waals surface area contributed by atoms with Crippen molar-refractivity contribution in [1.82, 2.24) is 4.98 Å². The highest BCUT2D eigenvalue weighted by Gasteiger charge is 2.08. The molecule has 0 radical (unpaired) electrons. The molecule has 4 nitrogen and oxygen atoms in total. The van der Waals surface area contributed by atoms with Gasteiger partial charge in [-0.1, -0.05) is 0 Å². The Morgan fingerprint density at radius 2 is 2.33 bits per heavy atom. The summed E-state index contributed by atoms with van der Waals surface area (Å²) in [7, 11) is 1.35. The SMILES string of the molecule is COC(=O)c1cc(C)nc(SCCO)c1. The minimum absolute atomic E-state index is 0.0911. The molecule has 0 fully saturated rings. The smallest absolute Gasteiger partial charge is 0.338 e. The predicted molar refractivity (Wildman–Crippen MR) is 58.1 cm³/mol. The lowest BCUT2D eigenvalue weighted by Crippen LogP contribution is -2.03. The summed E-state index contributed by atoms with van der Waals surface area (Å²) < 4.78 is 4.63. The number of pyridine rings is 1. The van der Waals surface area contributed by atoms with Gasteiger partial charge in [0.25, 0.3) is 0 Å². The lowest BCUT2D eigenvalue weighted by atomic mass is 10.2. The molecule has 0 amide bonds. The number of esters is 1. The monoisotopic (exact) mass is 227 g/mol. The Balaban J connectivity index is 2.89. The number of hydrogen-bond acceptors (Lipinski definition) is 5. The van der Waals surface area contributed by atoms with Crippen molar-refractivity contribution >= 4 is 17.7 Å². The number of aryl methyl sites for hydroxylation is 1. The molecule has 0 bridgehead atoms. The Morgan fingerprint density at radius 3 is 2.93 bits per heavy atom. The van der Waals surface area contributed by atoms with Crippen molar-refractivity contribution in [2.75, 3.05) is 19.5 Å². The minimum Gasteiger partial charge on any atom is -0.465 e. The van der Waals surface area contributed by atoms with Crippen molar-refractivity contribution in [3.05, 3.63) is 23.4 Å². The predicted octanol–water partition coefficient (Wildman–Crippen LogP) is 1.26. The zero-order valence-corrected chi connectivity index (χ0v) is 9.50. The summed E-state index contributed by atoms with van der Waals surface area (Å²) in [5.74, 6) is 0.197. The molecule has 1 aromatic rings. The number of ether oxygens (including phenoxy) is 1. The number of aliphatic hydroxyl groups excluding tert-OH is 1. The van der Waals surface area contributed by atoms with Gasteiger partial charge in [0.15, 0.2) is 0 Å². The van der Waals surface area contributed by atoms with E-state index in [0.717, 1.165) is 10.7 Å². The summed E-state index contributed by atoms with van der Waals surface area (Å²) in [6, 6.07) is 3.34. The van der Waals surface area contributed by atoms with Crippen LogP contribution >= 0.6 is 11.8 Å². The number of nitrogens with zero attached hydrogens (tertiary/aromatic N) is 1. The van der Waals surface area contributed by atoms with Gasteiger partial charge in [0.05, 0.1) is 24.3 Å². The second-order valence-electron chi connectivity index (χ2n) is 2.90. The largest absolute Gasteiger partial charge is 0.465 e. The maximum atomic E-state index is 11.3. The van der Waals surface area contributed by atoms with E-state index in [-0.39, 0.29) is 12.6 Å². The maximum absolute atomic E-state index is 11.3. The van der Waals surface area contributed by atoms with E-state index in [4.69, 9.17) is 5.11 Å². The number of carbonyl (C=O) groups excluding carboxylic acids is 1. The minimum atomic E-state index is -0.369. The topological polar surface area (TPSA) is 59.4 Å². The van der Waals surface area contributed by atoms with Crippen molar-refractivity contribution in [3.8, 4) is 0 Å². The van der Waals surface area contributed by atoms with Crippen LogP contribution in [0.2, 0.25) is 0 Å². The van der Waals surface area contributed by atoms with E-state index >= 15 is 0 Å². The van der Waals surface area contributed by atoms with Crippen molar-refractivity contribution in [1.29, 1.82) is 0 Å². The summed E-state index contributed by atoms with van der Waals surface area (Å²) in [5, 5.41) is 9.41. The second-order valence-corrected chi connectivity index (χ2v) is 4.01. The van der Waals surface area contributed by atoms with E-state index < -0.39 is 0 Å². The van der Waals surface area contributed by atoms with Crippen molar-refractivity contribution in [2.45, 2.75) is 11.9 Å². The second kappa shape index (κ2) is 5.72. The highest BCUT2D eigenvalue weighted by Crippen LogP contribution is 2.17. The van der Waals surface area contributed by atoms with Gasteiger partial charge in [-0.3, -0.25) is 0 Å². The number of hydrogen-bond donors (Lipinski definition) is 1. The van der Waals surface area contributed by atoms with E-state index in [1.165, 1.54) is 18.9 Å². The molecule has 0 spiro atoms. The van der Waals surface area contributed by atoms with Crippen LogP contribution in [0, 0.1) is 6.92 Å². The van der Waals surface area contributed by atoms with Crippen molar-refractivity contribution in [2.24, 2.45) is 0 Å². The fourth-order valence-electron chi connectivity index (χ4n) is 1.10. The van der Waals surface area contributed by atoms with Gasteiger partial charge in [-0.05, 0) is 19.1 Å². The third-order valence-electron chi connectivity index (χ3n) is 1.69. The molecule has 1 heterocycles. The first-order valence-electron chi connectivity index (χ1n) is 4.48. The van der Waals surface area contributed by atoms with Crippen molar-refractivity contribution < 1.29 is 14.6 Å². The summed E-state index contributed by atoms with van der Waals surface area (Å²) in [6.45, 7) is 1.91. The van der Waals surface area contributed by atoms with Crippen LogP contribution in [0.4, 0.5) is 0 Å². The fourth-order valence-corrected chi connectivity index (χ4v) is 1.82. The van der Waals surface area contributed by atoms with Crippen LogP contribution in [0.15, 0.2) is 17.2 Å². The molecule has 0 saturated carbocycles. The van der Waals surface area contributed by atoms with Crippen LogP contribution in [-0.4, -0.2) is 35.5 Å². The summed E-state index contributed by atoms with van der Waals surface area (Å²) in [5.41, 5.74) is 1.25. The van der Waals surface area contributed by atoms with Crippen LogP contribution in [0.5, 0.6) is 0 Å². The van der Waals surface area contributed by atoms with E-state index in [9.17, 15) is 4.79 Å². The highest BCUT2D eigenvalue weighted by molar-refractivity contribution is 7.99. The van der Waals surface area contributed by atoms with Crippen LogP contribution in [-0.2, 0) is 4.74 Å². The number of aromatic nitrogens is 1. The Morgan fingerprint density at radius 1 is 1.60 bits per heavy atom. The van der Waals surface area contributed by atoms with Gasteiger partial charge in [-0.2, -0.15) is 0 Å². The molecule has 0 atom stereocenters. The first-order valence-corrected chi connectivity index (χ1v) is 5.46. The van der Waals surface area contributed by atoms with E-state index in [1.807, 2.05) is 6.92 Å². The first-order chi connectivity index (χ1) is 7.17. The molecular formula is C10H13NO3S. The molecule has 0 saturated heterocycles. The van der Waals surface area contributed by atoms with Crippen LogP contribution in [0.1, 0.15) is 16.1 Å². The number of methoxy groups -OCH3 is 1. The standard InChI is InChI=1S/C10H13NO3S/c1-7-5-8(10(13)14-2)6-9(11-7)15-4-3-12/h5-6,12H,3-4H2,1-2H3. The quantitative estimate of drug-likeness (QED) is 0.620. The average molecular weight is 227 g/mol. The lowest BCUT2D eigenvalue weighted by Gasteiger charge is -2.04. The Labute approximate surface area is 92.7 Å². The van der Waals surface area contributed by atoms with E-state index in [2.05, 4.69) is 9.72 Å². The van der Waals surface area contributed by atoms with Crippen LogP contribution in [0.3, 0.4) is 0 Å².